The van der Waals surface area contributed by atoms with Crippen LogP contribution in [0.25, 0.3) is 0 Å². The van der Waals surface area contributed by atoms with Gasteiger partial charge in [0.1, 0.15) is 0 Å². The van der Waals surface area contributed by atoms with Crippen LogP contribution in [-0.4, -0.2) is 5.91 Å². The number of carbonyl (C=O) groups excluding carboxylic acids is 1. The number of thiophene rings is 1. The van der Waals surface area contributed by atoms with Crippen molar-refractivity contribution in [3.63, 3.8) is 0 Å². The maximum atomic E-state index is 11.7. The summed E-state index contributed by atoms with van der Waals surface area (Å²) in [5.74, 6) is -0.0363. The number of benzene rings is 1. The van der Waals surface area contributed by atoms with Crippen molar-refractivity contribution in [3.8, 4) is 0 Å². The number of amides is 1. The van der Waals surface area contributed by atoms with Crippen LogP contribution < -0.4 is 5.32 Å². The minimum atomic E-state index is -0.0363. The summed E-state index contributed by atoms with van der Waals surface area (Å²) in [6.07, 6.45) is 0.355. The Hall–Kier alpha value is -0.840. The summed E-state index contributed by atoms with van der Waals surface area (Å²) in [7, 11) is 0. The van der Waals surface area contributed by atoms with E-state index in [2.05, 4.69) is 21.2 Å². The summed E-state index contributed by atoms with van der Waals surface area (Å²) in [5.41, 5.74) is 0.792. The largest absolute Gasteiger partial charge is 0.326 e. The van der Waals surface area contributed by atoms with Crippen LogP contribution in [0.1, 0.15) is 4.88 Å². The molecule has 0 aliphatic heterocycles. The zero-order valence-corrected chi connectivity index (χ0v) is 11.9. The molecule has 17 heavy (non-hydrogen) atoms. The van der Waals surface area contributed by atoms with E-state index in [9.17, 15) is 4.79 Å². The average molecular weight is 331 g/mol. The summed E-state index contributed by atoms with van der Waals surface area (Å²) in [6, 6.07) is 11.1. The lowest BCUT2D eigenvalue weighted by atomic mass is 10.3. The molecule has 0 saturated heterocycles. The summed E-state index contributed by atoms with van der Waals surface area (Å²) in [5, 5.41) is 2.83. The molecule has 1 amide bonds. The van der Waals surface area contributed by atoms with E-state index >= 15 is 0 Å². The predicted octanol–water partition coefficient (Wildman–Crippen LogP) is 4.35. The van der Waals surface area contributed by atoms with Crippen molar-refractivity contribution in [2.75, 3.05) is 5.32 Å². The van der Waals surface area contributed by atoms with Crippen LogP contribution in [0.15, 0.2) is 40.9 Å². The van der Waals surface area contributed by atoms with Gasteiger partial charge in [0.15, 0.2) is 0 Å². The van der Waals surface area contributed by atoms with Crippen molar-refractivity contribution in [2.45, 2.75) is 6.42 Å². The lowest BCUT2D eigenvalue weighted by Gasteiger charge is -2.03. The summed E-state index contributed by atoms with van der Waals surface area (Å²) >= 11 is 10.6. The predicted molar refractivity (Wildman–Crippen MR) is 75.8 cm³/mol. The van der Waals surface area contributed by atoms with Crippen LogP contribution in [0.3, 0.4) is 0 Å². The number of carbonyl (C=O) groups is 1. The molecule has 1 heterocycles. The van der Waals surface area contributed by atoms with E-state index in [0.717, 1.165) is 15.0 Å². The molecular weight excluding hydrogens is 322 g/mol. The number of rotatable bonds is 3. The average Bonchev–Trinajstić information content (AvgIpc) is 2.67. The molecular formula is C12H9BrClNOS. The normalized spacial score (nSPS) is 10.2. The number of anilines is 1. The fourth-order valence-corrected chi connectivity index (χ4v) is 2.69. The third kappa shape index (κ3) is 3.84. The standard InChI is InChI=1S/C12H9BrClNOS/c13-8-1-3-9(4-2-8)15-12(16)7-10-5-6-11(14)17-10/h1-6H,7H2,(H,15,16). The minimum Gasteiger partial charge on any atom is -0.326 e. The van der Waals surface area contributed by atoms with Crippen LogP contribution in [-0.2, 0) is 11.2 Å². The molecule has 2 nitrogen and oxygen atoms in total. The zero-order chi connectivity index (χ0) is 12.3. The highest BCUT2D eigenvalue weighted by Crippen LogP contribution is 2.22. The molecule has 0 unspecified atom stereocenters. The van der Waals surface area contributed by atoms with Gasteiger partial charge in [-0.25, -0.2) is 0 Å². The van der Waals surface area contributed by atoms with E-state index < -0.39 is 0 Å². The quantitative estimate of drug-likeness (QED) is 0.891. The molecule has 0 saturated carbocycles. The van der Waals surface area contributed by atoms with E-state index in [4.69, 9.17) is 11.6 Å². The number of nitrogens with one attached hydrogen (secondary N) is 1. The molecule has 5 heteroatoms. The first-order chi connectivity index (χ1) is 8.13. The second kappa shape index (κ2) is 5.67. The van der Waals surface area contributed by atoms with Gasteiger partial charge in [-0.2, -0.15) is 0 Å². The van der Waals surface area contributed by atoms with E-state index in [0.29, 0.717) is 10.8 Å². The molecule has 0 atom stereocenters. The van der Waals surface area contributed by atoms with Gasteiger partial charge in [0.05, 0.1) is 10.8 Å². The lowest BCUT2D eigenvalue weighted by molar-refractivity contribution is -0.115. The van der Waals surface area contributed by atoms with E-state index in [1.807, 2.05) is 30.3 Å². The summed E-state index contributed by atoms with van der Waals surface area (Å²) in [6.45, 7) is 0. The van der Waals surface area contributed by atoms with E-state index in [1.54, 1.807) is 6.07 Å². The Morgan fingerprint density at radius 3 is 2.53 bits per heavy atom. The molecule has 1 N–H and O–H groups in total. The van der Waals surface area contributed by atoms with Gasteiger partial charge < -0.3 is 5.32 Å². The molecule has 2 aromatic rings. The maximum absolute atomic E-state index is 11.7. The minimum absolute atomic E-state index is 0.0363. The van der Waals surface area contributed by atoms with Gasteiger partial charge >= 0.3 is 0 Å². The first-order valence-corrected chi connectivity index (χ1v) is 6.92. The molecule has 0 aliphatic rings. The van der Waals surface area contributed by atoms with Crippen molar-refractivity contribution in [2.24, 2.45) is 0 Å². The second-order valence-corrected chi connectivity index (χ2v) is 6.15. The molecule has 0 radical (unpaired) electrons. The Balaban J connectivity index is 1.95. The molecule has 88 valence electrons. The highest BCUT2D eigenvalue weighted by atomic mass is 79.9. The molecule has 2 rings (SSSR count). The second-order valence-electron chi connectivity index (χ2n) is 3.44. The van der Waals surface area contributed by atoms with Gasteiger partial charge in [-0.05, 0) is 36.4 Å². The number of hydrogen-bond acceptors (Lipinski definition) is 2. The molecule has 1 aromatic carbocycles. The van der Waals surface area contributed by atoms with Gasteiger partial charge in [0.25, 0.3) is 0 Å². The van der Waals surface area contributed by atoms with Crippen molar-refractivity contribution < 1.29 is 4.79 Å². The van der Waals surface area contributed by atoms with Crippen molar-refractivity contribution in [1.82, 2.24) is 0 Å². The van der Waals surface area contributed by atoms with Gasteiger partial charge in [-0.1, -0.05) is 27.5 Å². The Morgan fingerprint density at radius 1 is 1.24 bits per heavy atom. The van der Waals surface area contributed by atoms with Crippen LogP contribution in [0, 0.1) is 0 Å². The SMILES string of the molecule is O=C(Cc1ccc(Cl)s1)Nc1ccc(Br)cc1. The third-order valence-electron chi connectivity index (χ3n) is 2.09. The third-order valence-corrected chi connectivity index (χ3v) is 3.85. The molecule has 0 bridgehead atoms. The van der Waals surface area contributed by atoms with Crippen molar-refractivity contribution in [1.29, 1.82) is 0 Å². The first-order valence-electron chi connectivity index (χ1n) is 4.93. The van der Waals surface area contributed by atoms with E-state index in [-0.39, 0.29) is 5.91 Å². The number of hydrogen-bond donors (Lipinski definition) is 1. The van der Waals surface area contributed by atoms with Crippen LogP contribution in [0.4, 0.5) is 5.69 Å². The van der Waals surface area contributed by atoms with Crippen LogP contribution in [0.2, 0.25) is 4.34 Å². The van der Waals surface area contributed by atoms with Crippen LogP contribution in [0.5, 0.6) is 0 Å². The first kappa shape index (κ1) is 12.6. The number of halogens is 2. The highest BCUT2D eigenvalue weighted by molar-refractivity contribution is 9.10. The Kier molecular flexibility index (Phi) is 4.20. The fraction of sp³-hybridized carbons (Fsp3) is 0.0833. The maximum Gasteiger partial charge on any atom is 0.229 e. The summed E-state index contributed by atoms with van der Waals surface area (Å²) < 4.78 is 1.69. The topological polar surface area (TPSA) is 29.1 Å². The zero-order valence-electron chi connectivity index (χ0n) is 8.74. The van der Waals surface area contributed by atoms with Gasteiger partial charge in [-0.15, -0.1) is 11.3 Å². The summed E-state index contributed by atoms with van der Waals surface area (Å²) in [4.78, 5) is 12.7. The lowest BCUT2D eigenvalue weighted by Crippen LogP contribution is -2.13. The Labute approximate surface area is 117 Å². The molecule has 1 aromatic heterocycles. The van der Waals surface area contributed by atoms with E-state index in [1.165, 1.54) is 11.3 Å². The van der Waals surface area contributed by atoms with Crippen molar-refractivity contribution >= 4 is 50.5 Å². The van der Waals surface area contributed by atoms with Gasteiger partial charge in [-0.3, -0.25) is 4.79 Å². The van der Waals surface area contributed by atoms with Gasteiger partial charge in [0.2, 0.25) is 5.91 Å². The fourth-order valence-electron chi connectivity index (χ4n) is 1.34. The molecule has 0 aliphatic carbocycles. The highest BCUT2D eigenvalue weighted by Gasteiger charge is 2.06. The Morgan fingerprint density at radius 2 is 1.94 bits per heavy atom. The molecule has 0 spiro atoms. The van der Waals surface area contributed by atoms with Crippen LogP contribution >= 0.6 is 38.9 Å². The van der Waals surface area contributed by atoms with Crippen molar-refractivity contribution in [3.05, 3.63) is 50.1 Å². The Bertz CT molecular complexity index is 524. The molecule has 0 fully saturated rings. The smallest absolute Gasteiger partial charge is 0.229 e. The van der Waals surface area contributed by atoms with Gasteiger partial charge in [0, 0.05) is 15.0 Å². The monoisotopic (exact) mass is 329 g/mol.